The van der Waals surface area contributed by atoms with E-state index >= 15 is 0 Å². The van der Waals surface area contributed by atoms with Crippen molar-refractivity contribution in [2.45, 2.75) is 64.7 Å². The molecule has 1 aliphatic heterocycles. The van der Waals surface area contributed by atoms with Crippen molar-refractivity contribution in [3.8, 4) is 22.1 Å². The van der Waals surface area contributed by atoms with Crippen LogP contribution in [0, 0.1) is 12.8 Å². The van der Waals surface area contributed by atoms with E-state index in [1.807, 2.05) is 30.9 Å². The number of carboxylic acid groups (broad SMARTS) is 1. The topological polar surface area (TPSA) is 97.6 Å². The second-order valence-electron chi connectivity index (χ2n) is 11.6. The number of hydrogen-bond acceptors (Lipinski definition) is 6. The minimum Gasteiger partial charge on any atom is -0.489 e. The van der Waals surface area contributed by atoms with Crippen molar-refractivity contribution in [1.82, 2.24) is 19.7 Å². The van der Waals surface area contributed by atoms with Crippen LogP contribution in [0.25, 0.3) is 16.4 Å². The zero-order valence-electron chi connectivity index (χ0n) is 24.9. The third-order valence-electron chi connectivity index (χ3n) is 8.45. The maximum atomic E-state index is 13.8. The summed E-state index contributed by atoms with van der Waals surface area (Å²) in [7, 11) is 0. The van der Waals surface area contributed by atoms with Gasteiger partial charge in [0.1, 0.15) is 17.9 Å². The highest BCUT2D eigenvalue weighted by molar-refractivity contribution is 7.15. The van der Waals surface area contributed by atoms with Gasteiger partial charge in [-0.25, -0.2) is 14.5 Å². The number of carboxylic acids is 1. The van der Waals surface area contributed by atoms with E-state index in [9.17, 15) is 27.9 Å². The first-order chi connectivity index (χ1) is 21.5. The van der Waals surface area contributed by atoms with Crippen molar-refractivity contribution in [2.75, 3.05) is 13.1 Å². The number of ether oxygens (including phenoxy) is 1. The summed E-state index contributed by atoms with van der Waals surface area (Å²) in [6.07, 6.45) is 0.447. The number of pyridine rings is 1. The Morgan fingerprint density at radius 1 is 1.09 bits per heavy atom. The van der Waals surface area contributed by atoms with Crippen molar-refractivity contribution < 1.29 is 32.6 Å². The van der Waals surface area contributed by atoms with Crippen molar-refractivity contribution in [1.29, 1.82) is 0 Å². The average molecular weight is 639 g/mol. The molecular formula is C33H33F3N4O4S. The molecule has 2 aliphatic rings. The van der Waals surface area contributed by atoms with Crippen LogP contribution in [0.15, 0.2) is 48.7 Å². The van der Waals surface area contributed by atoms with Crippen molar-refractivity contribution in [2.24, 2.45) is 5.92 Å². The number of alkyl halides is 3. The Morgan fingerprint density at radius 3 is 2.49 bits per heavy atom. The minimum absolute atomic E-state index is 0.139. The van der Waals surface area contributed by atoms with E-state index in [-0.39, 0.29) is 18.3 Å². The molecule has 1 saturated heterocycles. The summed E-state index contributed by atoms with van der Waals surface area (Å²) < 4.78 is 48.3. The summed E-state index contributed by atoms with van der Waals surface area (Å²) in [4.78, 5) is 32.2. The Hall–Kier alpha value is -4.19. The van der Waals surface area contributed by atoms with Crippen LogP contribution in [0.5, 0.6) is 5.75 Å². The minimum atomic E-state index is -4.95. The van der Waals surface area contributed by atoms with Crippen LogP contribution in [0.1, 0.15) is 76.1 Å². The van der Waals surface area contributed by atoms with Gasteiger partial charge < -0.3 is 14.7 Å². The lowest BCUT2D eigenvalue weighted by Gasteiger charge is -2.32. The molecule has 0 spiro atoms. The Bertz CT molecular complexity index is 1740. The van der Waals surface area contributed by atoms with E-state index in [0.29, 0.717) is 28.4 Å². The smallest absolute Gasteiger partial charge is 0.434 e. The monoisotopic (exact) mass is 638 g/mol. The first kappa shape index (κ1) is 30.8. The lowest BCUT2D eigenvalue weighted by atomic mass is 9.88. The van der Waals surface area contributed by atoms with E-state index in [1.165, 1.54) is 23.0 Å². The summed E-state index contributed by atoms with van der Waals surface area (Å²) in [5, 5.41) is 13.0. The van der Waals surface area contributed by atoms with Gasteiger partial charge in [0.05, 0.1) is 16.8 Å². The predicted octanol–water partition coefficient (Wildman–Crippen LogP) is 7.28. The van der Waals surface area contributed by atoms with Gasteiger partial charge in [0.2, 0.25) is 5.91 Å². The molecule has 1 aromatic carbocycles. The van der Waals surface area contributed by atoms with Gasteiger partial charge in [-0.2, -0.15) is 18.3 Å². The number of rotatable bonds is 9. The first-order valence-corrected chi connectivity index (χ1v) is 15.8. The number of benzene rings is 1. The molecule has 45 heavy (non-hydrogen) atoms. The number of amides is 1. The maximum absolute atomic E-state index is 13.8. The number of aromatic nitrogens is 3. The lowest BCUT2D eigenvalue weighted by molar-refractivity contribution is -0.143. The third-order valence-corrected chi connectivity index (χ3v) is 9.79. The van der Waals surface area contributed by atoms with Gasteiger partial charge in [-0.15, -0.1) is 11.3 Å². The number of carbonyl (C=O) groups excluding carboxylic acids is 1. The van der Waals surface area contributed by atoms with Crippen LogP contribution in [0.4, 0.5) is 13.2 Å². The molecule has 0 bridgehead atoms. The molecule has 6 rings (SSSR count). The van der Waals surface area contributed by atoms with Crippen LogP contribution in [-0.4, -0.2) is 49.7 Å². The number of nitrogens with zero attached hydrogens (tertiary/aromatic N) is 4. The molecule has 2 fully saturated rings. The number of halogens is 3. The predicted molar refractivity (Wildman–Crippen MR) is 163 cm³/mol. The number of hydrogen-bond donors (Lipinski definition) is 1. The van der Waals surface area contributed by atoms with Gasteiger partial charge >= 0.3 is 12.1 Å². The van der Waals surface area contributed by atoms with Crippen LogP contribution < -0.4 is 4.74 Å². The Balaban J connectivity index is 1.19. The molecule has 8 nitrogen and oxygen atoms in total. The number of aromatic carboxylic acids is 1. The molecule has 1 amide bonds. The summed E-state index contributed by atoms with van der Waals surface area (Å²) >= 11 is 1.49. The molecule has 236 valence electrons. The highest BCUT2D eigenvalue weighted by Crippen LogP contribution is 2.38. The molecule has 0 radical (unpaired) electrons. The zero-order chi connectivity index (χ0) is 31.9. The first-order valence-electron chi connectivity index (χ1n) is 15.0. The second-order valence-corrected chi connectivity index (χ2v) is 12.7. The quantitative estimate of drug-likeness (QED) is 0.207. The summed E-state index contributed by atoms with van der Waals surface area (Å²) in [5.74, 6) is -0.153. The van der Waals surface area contributed by atoms with Crippen molar-refractivity contribution in [3.05, 3.63) is 81.5 Å². The molecule has 1 saturated carbocycles. The molecule has 12 heteroatoms. The van der Waals surface area contributed by atoms with Gasteiger partial charge in [-0.3, -0.25) is 4.79 Å². The van der Waals surface area contributed by atoms with Gasteiger partial charge in [0.25, 0.3) is 0 Å². The Labute approximate surface area is 262 Å². The van der Waals surface area contributed by atoms with E-state index in [4.69, 9.17) is 4.74 Å². The third kappa shape index (κ3) is 6.47. The fourth-order valence-electron chi connectivity index (χ4n) is 5.87. The van der Waals surface area contributed by atoms with E-state index in [0.717, 1.165) is 71.8 Å². The summed E-state index contributed by atoms with van der Waals surface area (Å²) in [5.41, 5.74) is 1.20. The molecule has 1 N–H and O–H groups in total. The Morgan fingerprint density at radius 2 is 1.84 bits per heavy atom. The molecule has 3 aromatic heterocycles. The van der Waals surface area contributed by atoms with Crippen LogP contribution in [0.2, 0.25) is 0 Å². The summed E-state index contributed by atoms with van der Waals surface area (Å²) in [6, 6.07) is 12.9. The second kappa shape index (κ2) is 12.3. The number of aryl methyl sites for hydroxylation is 2. The number of likely N-dealkylation sites (tertiary alicyclic amines) is 1. The van der Waals surface area contributed by atoms with E-state index in [2.05, 4.69) is 22.2 Å². The van der Waals surface area contributed by atoms with Crippen LogP contribution in [-0.2, 0) is 24.0 Å². The fourth-order valence-corrected chi connectivity index (χ4v) is 6.94. The summed E-state index contributed by atoms with van der Waals surface area (Å²) in [6.45, 7) is 5.86. The van der Waals surface area contributed by atoms with Crippen LogP contribution in [0.3, 0.4) is 0 Å². The van der Waals surface area contributed by atoms with E-state index < -0.39 is 23.4 Å². The fraction of sp³-hybridized carbons (Fsp3) is 0.394. The number of piperidine rings is 1. The number of carbonyl (C=O) groups is 2. The average Bonchev–Trinajstić information content (AvgIpc) is 3.62. The van der Waals surface area contributed by atoms with Gasteiger partial charge in [-0.1, -0.05) is 25.1 Å². The number of thiophene rings is 1. The van der Waals surface area contributed by atoms with Crippen LogP contribution >= 0.6 is 11.3 Å². The molecular weight excluding hydrogens is 605 g/mol. The van der Waals surface area contributed by atoms with Crippen molar-refractivity contribution >= 4 is 23.2 Å². The standard InChI is InChI=1S/C33H33F3N4O4S/c1-3-24-16-23(18-44-27-10-9-22(15-19(27)2)20-11-13-39(14-12-20)31(41)21-7-8-21)29(45-24)26-5-4-6-28(38-26)40-30(33(34,35)36)25(17-37-40)32(42)43/h4-6,9-10,15-17,20-21H,3,7-8,11-14,18H2,1-2H3,(H,42,43). The highest BCUT2D eigenvalue weighted by atomic mass is 32.1. The van der Waals surface area contributed by atoms with Gasteiger partial charge in [0, 0.05) is 29.4 Å². The molecule has 4 heterocycles. The molecule has 0 unspecified atom stereocenters. The SMILES string of the molecule is CCc1cc(COc2ccc(C3CCN(C(=O)C4CC4)CC3)cc2C)c(-c2cccc(-n3ncc(C(=O)O)c3C(F)(F)F)n2)s1. The van der Waals surface area contributed by atoms with E-state index in [1.54, 1.807) is 12.1 Å². The molecule has 0 atom stereocenters. The van der Waals surface area contributed by atoms with Gasteiger partial charge in [0.15, 0.2) is 11.5 Å². The maximum Gasteiger partial charge on any atom is 0.434 e. The molecule has 4 aromatic rings. The molecule has 1 aliphatic carbocycles. The zero-order valence-corrected chi connectivity index (χ0v) is 25.7. The lowest BCUT2D eigenvalue weighted by Crippen LogP contribution is -2.38. The van der Waals surface area contributed by atoms with Gasteiger partial charge in [-0.05, 0) is 80.3 Å². The highest BCUT2D eigenvalue weighted by Gasteiger charge is 2.41. The normalized spacial score (nSPS) is 15.8. The Kier molecular flexibility index (Phi) is 8.43. The largest absolute Gasteiger partial charge is 0.489 e. The van der Waals surface area contributed by atoms with Crippen molar-refractivity contribution in [3.63, 3.8) is 0 Å².